The molecule has 130 valence electrons. The molecule has 2 N–H and O–H groups in total. The first kappa shape index (κ1) is 16.4. The summed E-state index contributed by atoms with van der Waals surface area (Å²) in [6.07, 6.45) is 0. The Labute approximate surface area is 155 Å². The second-order valence-electron chi connectivity index (χ2n) is 6.11. The number of anilines is 1. The van der Waals surface area contributed by atoms with E-state index in [1.54, 1.807) is 18.2 Å². The number of carbonyl (C=O) groups excluding carboxylic acids is 1. The summed E-state index contributed by atoms with van der Waals surface area (Å²) in [5.74, 6) is 1.09. The molecule has 0 aliphatic rings. The van der Waals surface area contributed by atoms with Gasteiger partial charge in [-0.1, -0.05) is 23.7 Å². The van der Waals surface area contributed by atoms with Crippen molar-refractivity contribution >= 4 is 34.1 Å². The SMILES string of the molecule is Cc1nc(-c2cccc(NC(=O)c3cc4ccc(Cl)cc4[nH]3)c2)oc1C. The number of aromatic amines is 1. The number of benzene rings is 2. The first-order valence-electron chi connectivity index (χ1n) is 8.14. The van der Waals surface area contributed by atoms with Crippen molar-refractivity contribution in [3.05, 3.63) is 70.7 Å². The smallest absolute Gasteiger partial charge is 0.272 e. The van der Waals surface area contributed by atoms with Crippen LogP contribution >= 0.6 is 11.6 Å². The maximum absolute atomic E-state index is 12.6. The van der Waals surface area contributed by atoms with E-state index < -0.39 is 0 Å². The van der Waals surface area contributed by atoms with Crippen LogP contribution in [0.1, 0.15) is 21.9 Å². The van der Waals surface area contributed by atoms with Gasteiger partial charge in [0.05, 0.1) is 5.69 Å². The van der Waals surface area contributed by atoms with E-state index in [4.69, 9.17) is 16.0 Å². The Morgan fingerprint density at radius 2 is 2.00 bits per heavy atom. The molecule has 2 aromatic heterocycles. The molecule has 0 saturated carbocycles. The van der Waals surface area contributed by atoms with Gasteiger partial charge in [-0.3, -0.25) is 4.79 Å². The lowest BCUT2D eigenvalue weighted by Crippen LogP contribution is -2.12. The number of H-pyrrole nitrogens is 1. The highest BCUT2D eigenvalue weighted by atomic mass is 35.5. The average Bonchev–Trinajstić information content (AvgIpc) is 3.18. The van der Waals surface area contributed by atoms with Gasteiger partial charge in [-0.15, -0.1) is 0 Å². The molecule has 4 aromatic rings. The first-order chi connectivity index (χ1) is 12.5. The number of nitrogens with one attached hydrogen (secondary N) is 2. The van der Waals surface area contributed by atoms with Crippen LogP contribution in [0.3, 0.4) is 0 Å². The lowest BCUT2D eigenvalue weighted by atomic mass is 10.2. The van der Waals surface area contributed by atoms with Gasteiger partial charge >= 0.3 is 0 Å². The Balaban J connectivity index is 1.59. The van der Waals surface area contributed by atoms with E-state index in [-0.39, 0.29) is 5.91 Å². The van der Waals surface area contributed by atoms with Crippen molar-refractivity contribution in [1.82, 2.24) is 9.97 Å². The minimum Gasteiger partial charge on any atom is -0.441 e. The number of hydrogen-bond acceptors (Lipinski definition) is 3. The van der Waals surface area contributed by atoms with Crippen molar-refractivity contribution in [3.8, 4) is 11.5 Å². The van der Waals surface area contributed by atoms with Gasteiger partial charge in [-0.25, -0.2) is 4.98 Å². The van der Waals surface area contributed by atoms with Crippen molar-refractivity contribution in [2.24, 2.45) is 0 Å². The molecular weight excluding hydrogens is 350 g/mol. The van der Waals surface area contributed by atoms with Crippen LogP contribution in [-0.4, -0.2) is 15.9 Å². The number of oxazole rings is 1. The predicted molar refractivity (Wildman–Crippen MR) is 103 cm³/mol. The predicted octanol–water partition coefficient (Wildman–Crippen LogP) is 5.35. The third kappa shape index (κ3) is 3.09. The number of aromatic nitrogens is 2. The fourth-order valence-corrected chi connectivity index (χ4v) is 2.92. The fourth-order valence-electron chi connectivity index (χ4n) is 2.75. The molecular formula is C20H16ClN3O2. The van der Waals surface area contributed by atoms with Crippen LogP contribution in [0.5, 0.6) is 0 Å². The zero-order valence-corrected chi connectivity index (χ0v) is 15.0. The zero-order valence-electron chi connectivity index (χ0n) is 14.3. The van der Waals surface area contributed by atoms with Crippen LogP contribution in [0.4, 0.5) is 5.69 Å². The Bertz CT molecular complexity index is 1110. The first-order valence-corrected chi connectivity index (χ1v) is 8.51. The molecule has 26 heavy (non-hydrogen) atoms. The molecule has 1 amide bonds. The number of carbonyl (C=O) groups is 1. The lowest BCUT2D eigenvalue weighted by molar-refractivity contribution is 0.102. The number of hydrogen-bond donors (Lipinski definition) is 2. The maximum atomic E-state index is 12.6. The Hall–Kier alpha value is -3.05. The third-order valence-electron chi connectivity index (χ3n) is 4.23. The quantitative estimate of drug-likeness (QED) is 0.514. The molecule has 2 aromatic carbocycles. The molecule has 6 heteroatoms. The molecule has 0 spiro atoms. The summed E-state index contributed by atoms with van der Waals surface area (Å²) >= 11 is 5.99. The Morgan fingerprint density at radius 1 is 1.15 bits per heavy atom. The summed E-state index contributed by atoms with van der Waals surface area (Å²) < 4.78 is 5.65. The normalized spacial score (nSPS) is 11.0. The van der Waals surface area contributed by atoms with E-state index in [1.807, 2.05) is 44.2 Å². The number of aryl methyl sites for hydroxylation is 2. The fraction of sp³-hybridized carbons (Fsp3) is 0.100. The van der Waals surface area contributed by atoms with E-state index >= 15 is 0 Å². The van der Waals surface area contributed by atoms with E-state index in [9.17, 15) is 4.79 Å². The summed E-state index contributed by atoms with van der Waals surface area (Å²) in [4.78, 5) is 20.0. The molecule has 0 radical (unpaired) electrons. The van der Waals surface area contributed by atoms with Crippen molar-refractivity contribution in [3.63, 3.8) is 0 Å². The number of halogens is 1. The minimum atomic E-state index is -0.228. The largest absolute Gasteiger partial charge is 0.441 e. The highest BCUT2D eigenvalue weighted by Crippen LogP contribution is 2.25. The van der Waals surface area contributed by atoms with Gasteiger partial charge < -0.3 is 14.7 Å². The van der Waals surface area contributed by atoms with E-state index in [2.05, 4.69) is 15.3 Å². The van der Waals surface area contributed by atoms with E-state index in [0.717, 1.165) is 27.9 Å². The second kappa shape index (κ2) is 6.35. The average molecular weight is 366 g/mol. The van der Waals surface area contributed by atoms with Gasteiger partial charge in [0, 0.05) is 27.2 Å². The zero-order chi connectivity index (χ0) is 18.3. The molecule has 0 unspecified atom stereocenters. The molecule has 0 aliphatic carbocycles. The number of rotatable bonds is 3. The number of amides is 1. The molecule has 5 nitrogen and oxygen atoms in total. The van der Waals surface area contributed by atoms with Crippen LogP contribution < -0.4 is 5.32 Å². The molecule has 0 bridgehead atoms. The van der Waals surface area contributed by atoms with Gasteiger partial charge in [-0.2, -0.15) is 0 Å². The number of nitrogens with zero attached hydrogens (tertiary/aromatic N) is 1. The van der Waals surface area contributed by atoms with Gasteiger partial charge in [0.25, 0.3) is 5.91 Å². The molecule has 0 atom stereocenters. The topological polar surface area (TPSA) is 70.9 Å². The molecule has 0 saturated heterocycles. The summed E-state index contributed by atoms with van der Waals surface area (Å²) in [7, 11) is 0. The summed E-state index contributed by atoms with van der Waals surface area (Å²) in [5, 5.41) is 4.44. The van der Waals surface area contributed by atoms with E-state index in [0.29, 0.717) is 22.3 Å². The third-order valence-corrected chi connectivity index (χ3v) is 4.46. The highest BCUT2D eigenvalue weighted by molar-refractivity contribution is 6.31. The maximum Gasteiger partial charge on any atom is 0.272 e. The summed E-state index contributed by atoms with van der Waals surface area (Å²) in [5.41, 5.74) is 3.61. The standard InChI is InChI=1S/C20H16ClN3O2/c1-11-12(2)26-20(22-11)14-4-3-5-16(8-14)23-19(25)18-9-13-6-7-15(21)10-17(13)24-18/h3-10,24H,1-2H3,(H,23,25). The van der Waals surface area contributed by atoms with Crippen molar-refractivity contribution in [2.75, 3.05) is 5.32 Å². The molecule has 0 fully saturated rings. The second-order valence-corrected chi connectivity index (χ2v) is 6.55. The molecule has 0 aliphatic heterocycles. The molecule has 4 rings (SSSR count). The van der Waals surface area contributed by atoms with Gasteiger partial charge in [0.2, 0.25) is 5.89 Å². The summed E-state index contributed by atoms with van der Waals surface area (Å²) in [6, 6.07) is 14.7. The number of fused-ring (bicyclic) bond motifs is 1. The van der Waals surface area contributed by atoms with Crippen LogP contribution in [0.25, 0.3) is 22.4 Å². The van der Waals surface area contributed by atoms with Crippen molar-refractivity contribution < 1.29 is 9.21 Å². The minimum absolute atomic E-state index is 0.228. The van der Waals surface area contributed by atoms with Crippen LogP contribution in [0.15, 0.2) is 52.9 Å². The van der Waals surface area contributed by atoms with Crippen LogP contribution in [0, 0.1) is 13.8 Å². The van der Waals surface area contributed by atoms with Crippen molar-refractivity contribution in [1.29, 1.82) is 0 Å². The van der Waals surface area contributed by atoms with Gasteiger partial charge in [-0.05, 0) is 50.2 Å². The summed E-state index contributed by atoms with van der Waals surface area (Å²) in [6.45, 7) is 3.77. The van der Waals surface area contributed by atoms with Gasteiger partial charge in [0.1, 0.15) is 11.5 Å². The van der Waals surface area contributed by atoms with Crippen molar-refractivity contribution in [2.45, 2.75) is 13.8 Å². The Morgan fingerprint density at radius 3 is 2.77 bits per heavy atom. The Kier molecular flexibility index (Phi) is 4.01. The molecule has 2 heterocycles. The van der Waals surface area contributed by atoms with Crippen LogP contribution in [0.2, 0.25) is 5.02 Å². The highest BCUT2D eigenvalue weighted by Gasteiger charge is 2.12. The lowest BCUT2D eigenvalue weighted by Gasteiger charge is -2.05. The van der Waals surface area contributed by atoms with E-state index in [1.165, 1.54) is 0 Å². The van der Waals surface area contributed by atoms with Gasteiger partial charge in [0.15, 0.2) is 0 Å². The van der Waals surface area contributed by atoms with Crippen LogP contribution in [-0.2, 0) is 0 Å². The monoisotopic (exact) mass is 365 g/mol.